The third-order valence-corrected chi connectivity index (χ3v) is 8.43. The van der Waals surface area contributed by atoms with E-state index >= 15 is 0 Å². The molecule has 1 aromatic heterocycles. The van der Waals surface area contributed by atoms with E-state index in [1.807, 2.05) is 36.6 Å². The molecule has 14 heteroatoms. The summed E-state index contributed by atoms with van der Waals surface area (Å²) in [6.45, 7) is 2.23. The number of aryl methyl sites for hydroxylation is 1. The quantitative estimate of drug-likeness (QED) is 0.420. The number of thiazole rings is 1. The molecule has 2 N–H and O–H groups in total. The number of halogens is 3. The SMILES string of the molecule is COc1ccc(-c2csc(NC(=O)[C@H]3CCCCN3S(=O)(=O)c3ccc(C)cc3)n2)cc1.O=C(O)C(F)(F)F. The molecule has 0 bridgehead atoms. The van der Waals surface area contributed by atoms with E-state index in [1.165, 1.54) is 15.6 Å². The lowest BCUT2D eigenvalue weighted by Gasteiger charge is -2.33. The lowest BCUT2D eigenvalue weighted by Crippen LogP contribution is -2.49. The van der Waals surface area contributed by atoms with Gasteiger partial charge < -0.3 is 15.2 Å². The van der Waals surface area contributed by atoms with Gasteiger partial charge in [-0.05, 0) is 56.2 Å². The van der Waals surface area contributed by atoms with E-state index < -0.39 is 28.2 Å². The van der Waals surface area contributed by atoms with Crippen LogP contribution in [0.25, 0.3) is 11.3 Å². The maximum absolute atomic E-state index is 13.2. The van der Waals surface area contributed by atoms with E-state index in [0.29, 0.717) is 18.1 Å². The fourth-order valence-corrected chi connectivity index (χ4v) is 6.09. The minimum absolute atomic E-state index is 0.207. The van der Waals surface area contributed by atoms with Crippen molar-refractivity contribution in [3.05, 3.63) is 59.5 Å². The number of carbonyl (C=O) groups is 2. The van der Waals surface area contributed by atoms with E-state index in [4.69, 9.17) is 14.6 Å². The van der Waals surface area contributed by atoms with Crippen LogP contribution in [0.3, 0.4) is 0 Å². The predicted molar refractivity (Wildman–Crippen MR) is 139 cm³/mol. The third-order valence-electron chi connectivity index (χ3n) is 5.75. The number of anilines is 1. The number of nitrogens with zero attached hydrogens (tertiary/aromatic N) is 2. The van der Waals surface area contributed by atoms with Crippen molar-refractivity contribution in [2.75, 3.05) is 19.0 Å². The molecule has 1 aliphatic heterocycles. The Kier molecular flexibility index (Phi) is 9.69. The van der Waals surface area contributed by atoms with Gasteiger partial charge in [0.05, 0.1) is 17.7 Å². The number of ether oxygens (including phenoxy) is 1. The van der Waals surface area contributed by atoms with Crippen LogP contribution in [0.4, 0.5) is 18.3 Å². The second kappa shape index (κ2) is 12.6. The van der Waals surface area contributed by atoms with Crippen molar-refractivity contribution in [1.29, 1.82) is 0 Å². The van der Waals surface area contributed by atoms with Gasteiger partial charge in [0.2, 0.25) is 15.9 Å². The van der Waals surface area contributed by atoms with Crippen LogP contribution >= 0.6 is 11.3 Å². The number of piperidine rings is 1. The van der Waals surface area contributed by atoms with Crippen molar-refractivity contribution in [3.63, 3.8) is 0 Å². The number of benzene rings is 2. The summed E-state index contributed by atoms with van der Waals surface area (Å²) in [5, 5.41) is 12.3. The molecule has 0 radical (unpaired) electrons. The van der Waals surface area contributed by atoms with Gasteiger partial charge in [0.15, 0.2) is 5.13 Å². The molecule has 1 fully saturated rings. The Morgan fingerprint density at radius 1 is 1.10 bits per heavy atom. The average Bonchev–Trinajstić information content (AvgIpc) is 3.37. The number of sulfonamides is 1. The molecule has 0 saturated carbocycles. The lowest BCUT2D eigenvalue weighted by molar-refractivity contribution is -0.192. The maximum Gasteiger partial charge on any atom is 0.490 e. The first-order chi connectivity index (χ1) is 18.3. The zero-order valence-electron chi connectivity index (χ0n) is 20.9. The van der Waals surface area contributed by atoms with E-state index in [0.717, 1.165) is 35.4 Å². The fraction of sp³-hybridized carbons (Fsp3) is 0.320. The Balaban J connectivity index is 0.000000532. The second-order valence-electron chi connectivity index (χ2n) is 8.50. The summed E-state index contributed by atoms with van der Waals surface area (Å²) in [6, 6.07) is 13.5. The summed E-state index contributed by atoms with van der Waals surface area (Å²) >= 11 is 1.31. The molecule has 1 atom stereocenters. The number of carboxylic acids is 1. The highest BCUT2D eigenvalue weighted by molar-refractivity contribution is 7.89. The van der Waals surface area contributed by atoms with Gasteiger partial charge in [0, 0.05) is 17.5 Å². The number of carbonyl (C=O) groups excluding carboxylic acids is 1. The topological polar surface area (TPSA) is 126 Å². The van der Waals surface area contributed by atoms with Crippen LogP contribution in [0.2, 0.25) is 0 Å². The zero-order valence-corrected chi connectivity index (χ0v) is 22.6. The Morgan fingerprint density at radius 2 is 1.72 bits per heavy atom. The molecule has 1 amide bonds. The number of nitrogens with one attached hydrogen (secondary N) is 1. The summed E-state index contributed by atoms with van der Waals surface area (Å²) < 4.78 is 64.7. The fourth-order valence-electron chi connectivity index (χ4n) is 3.71. The molecule has 9 nitrogen and oxygen atoms in total. The minimum Gasteiger partial charge on any atom is -0.497 e. The smallest absolute Gasteiger partial charge is 0.490 e. The molecule has 210 valence electrons. The predicted octanol–water partition coefficient (Wildman–Crippen LogP) is 4.94. The van der Waals surface area contributed by atoms with E-state index in [9.17, 15) is 26.4 Å². The molecule has 0 unspecified atom stereocenters. The van der Waals surface area contributed by atoms with Crippen molar-refractivity contribution >= 4 is 38.4 Å². The molecule has 3 aromatic rings. The van der Waals surface area contributed by atoms with E-state index in [1.54, 1.807) is 31.4 Å². The monoisotopic (exact) mass is 585 g/mol. The molecule has 1 saturated heterocycles. The van der Waals surface area contributed by atoms with Crippen LogP contribution in [0.1, 0.15) is 24.8 Å². The molecule has 1 aliphatic rings. The molecule has 4 rings (SSSR count). The Labute approximate surface area is 227 Å². The highest BCUT2D eigenvalue weighted by Crippen LogP contribution is 2.29. The molecular formula is C25H26F3N3O6S2. The van der Waals surface area contributed by atoms with Gasteiger partial charge in [-0.15, -0.1) is 11.3 Å². The first-order valence-electron chi connectivity index (χ1n) is 11.6. The number of hydrogen-bond acceptors (Lipinski definition) is 7. The zero-order chi connectivity index (χ0) is 28.8. The van der Waals surface area contributed by atoms with Gasteiger partial charge in [0.1, 0.15) is 11.8 Å². The number of carboxylic acid groups (broad SMARTS) is 1. The van der Waals surface area contributed by atoms with Crippen LogP contribution in [-0.4, -0.2) is 60.6 Å². The molecule has 0 spiro atoms. The summed E-state index contributed by atoms with van der Waals surface area (Å²) in [6.07, 6.45) is -3.08. The summed E-state index contributed by atoms with van der Waals surface area (Å²) in [5.74, 6) is -2.35. The normalized spacial score (nSPS) is 16.1. The Bertz CT molecular complexity index is 1390. The molecule has 2 heterocycles. The van der Waals surface area contributed by atoms with E-state index in [2.05, 4.69) is 10.3 Å². The molecule has 0 aliphatic carbocycles. The number of hydrogen-bond donors (Lipinski definition) is 2. The minimum atomic E-state index is -5.08. The van der Waals surface area contributed by atoms with Gasteiger partial charge in [-0.2, -0.15) is 17.5 Å². The van der Waals surface area contributed by atoms with Crippen LogP contribution in [0, 0.1) is 6.92 Å². The largest absolute Gasteiger partial charge is 0.497 e. The number of amides is 1. The second-order valence-corrected chi connectivity index (χ2v) is 11.2. The van der Waals surface area contributed by atoms with Crippen LogP contribution in [-0.2, 0) is 19.6 Å². The maximum atomic E-state index is 13.2. The Hall–Kier alpha value is -3.49. The summed E-state index contributed by atoms with van der Waals surface area (Å²) in [4.78, 5) is 26.7. The number of aliphatic carboxylic acids is 1. The summed E-state index contributed by atoms with van der Waals surface area (Å²) in [7, 11) is -2.16. The average molecular weight is 586 g/mol. The van der Waals surface area contributed by atoms with Gasteiger partial charge in [-0.3, -0.25) is 4.79 Å². The van der Waals surface area contributed by atoms with Crippen molar-refractivity contribution in [2.24, 2.45) is 0 Å². The molecule has 39 heavy (non-hydrogen) atoms. The van der Waals surface area contributed by atoms with Crippen molar-refractivity contribution in [3.8, 4) is 17.0 Å². The van der Waals surface area contributed by atoms with Gasteiger partial charge >= 0.3 is 12.1 Å². The standard InChI is InChI=1S/C23H25N3O4S2.C2HF3O2/c1-16-6-12-19(13-7-16)32(28,29)26-14-4-3-5-21(26)22(27)25-23-24-20(15-31-23)17-8-10-18(30-2)11-9-17;3-2(4,5)1(6)7/h6-13,15,21H,3-5,14H2,1-2H3,(H,24,25,27);(H,6,7)/t21-;/m1./s1. The van der Waals surface area contributed by atoms with Crippen molar-refractivity contribution < 1.29 is 41.0 Å². The third kappa shape index (κ3) is 7.77. The van der Waals surface area contributed by atoms with Gasteiger partial charge in [-0.1, -0.05) is 24.1 Å². The number of aromatic nitrogens is 1. The van der Waals surface area contributed by atoms with Crippen LogP contribution in [0.15, 0.2) is 58.8 Å². The van der Waals surface area contributed by atoms with Crippen LogP contribution < -0.4 is 10.1 Å². The summed E-state index contributed by atoms with van der Waals surface area (Å²) in [5.41, 5.74) is 2.62. The number of alkyl halides is 3. The highest BCUT2D eigenvalue weighted by atomic mass is 32.2. The number of methoxy groups -OCH3 is 1. The van der Waals surface area contributed by atoms with Crippen LogP contribution in [0.5, 0.6) is 5.75 Å². The van der Waals surface area contributed by atoms with E-state index in [-0.39, 0.29) is 10.8 Å². The molecular weight excluding hydrogens is 559 g/mol. The first kappa shape index (κ1) is 30.1. The highest BCUT2D eigenvalue weighted by Gasteiger charge is 2.39. The molecule has 2 aromatic carbocycles. The first-order valence-corrected chi connectivity index (χ1v) is 13.9. The Morgan fingerprint density at radius 3 is 2.28 bits per heavy atom. The lowest BCUT2D eigenvalue weighted by atomic mass is 10.0. The van der Waals surface area contributed by atoms with Gasteiger partial charge in [0.25, 0.3) is 0 Å². The van der Waals surface area contributed by atoms with Crippen molar-refractivity contribution in [1.82, 2.24) is 9.29 Å². The van der Waals surface area contributed by atoms with Gasteiger partial charge in [-0.25, -0.2) is 18.2 Å². The van der Waals surface area contributed by atoms with Crippen molar-refractivity contribution in [2.45, 2.75) is 43.3 Å². The number of rotatable bonds is 6.